The third-order valence-electron chi connectivity index (χ3n) is 1.98. The largest absolute Gasteiger partial charge is 0.326 e. The fourth-order valence-electron chi connectivity index (χ4n) is 1.31. The second-order valence-corrected chi connectivity index (χ2v) is 3.08. The number of aryl methyl sites for hydroxylation is 2. The molecular weight excluding hydrogens is 150 g/mol. The highest BCUT2D eigenvalue weighted by molar-refractivity contribution is 5.16. The van der Waals surface area contributed by atoms with Gasteiger partial charge >= 0.3 is 0 Å². The van der Waals surface area contributed by atoms with Gasteiger partial charge in [-0.1, -0.05) is 13.3 Å². The van der Waals surface area contributed by atoms with E-state index >= 15 is 0 Å². The van der Waals surface area contributed by atoms with Crippen molar-refractivity contribution in [1.82, 2.24) is 9.78 Å². The molecule has 3 heteroatoms. The maximum absolute atomic E-state index is 5.58. The van der Waals surface area contributed by atoms with Gasteiger partial charge < -0.3 is 5.73 Å². The lowest BCUT2D eigenvalue weighted by Crippen LogP contribution is -1.99. The molecule has 0 fully saturated rings. The van der Waals surface area contributed by atoms with Gasteiger partial charge in [-0.15, -0.1) is 0 Å². The summed E-state index contributed by atoms with van der Waals surface area (Å²) in [6.07, 6.45) is 5.47. The van der Waals surface area contributed by atoms with Crippen molar-refractivity contribution in [2.24, 2.45) is 12.8 Å². The standard InChI is InChI=1S/C9H17N3/c1-3-4-5-9-8(6-10)7-12(2)11-9/h7H,3-6,10H2,1-2H3. The number of aromatic nitrogens is 2. The van der Waals surface area contributed by atoms with Crippen LogP contribution in [0.5, 0.6) is 0 Å². The normalized spacial score (nSPS) is 10.6. The van der Waals surface area contributed by atoms with E-state index in [1.807, 2.05) is 17.9 Å². The van der Waals surface area contributed by atoms with Crippen molar-refractivity contribution in [2.45, 2.75) is 32.7 Å². The molecule has 0 radical (unpaired) electrons. The van der Waals surface area contributed by atoms with Gasteiger partial charge in [-0.2, -0.15) is 5.10 Å². The SMILES string of the molecule is CCCCc1nn(C)cc1CN. The molecule has 0 bridgehead atoms. The summed E-state index contributed by atoms with van der Waals surface area (Å²) < 4.78 is 1.84. The zero-order chi connectivity index (χ0) is 8.97. The maximum atomic E-state index is 5.58. The van der Waals surface area contributed by atoms with Gasteiger partial charge in [0.1, 0.15) is 0 Å². The molecular formula is C9H17N3. The van der Waals surface area contributed by atoms with Gasteiger partial charge in [-0.25, -0.2) is 0 Å². The van der Waals surface area contributed by atoms with Crippen LogP contribution in [0.3, 0.4) is 0 Å². The van der Waals surface area contributed by atoms with E-state index in [0.717, 1.165) is 6.42 Å². The van der Waals surface area contributed by atoms with Crippen molar-refractivity contribution < 1.29 is 0 Å². The van der Waals surface area contributed by atoms with Crippen LogP contribution < -0.4 is 5.73 Å². The molecule has 0 amide bonds. The molecule has 0 aliphatic heterocycles. The van der Waals surface area contributed by atoms with Crippen molar-refractivity contribution in [3.8, 4) is 0 Å². The van der Waals surface area contributed by atoms with Gasteiger partial charge in [-0.3, -0.25) is 4.68 Å². The summed E-state index contributed by atoms with van der Waals surface area (Å²) in [7, 11) is 1.94. The first-order valence-electron chi connectivity index (χ1n) is 4.49. The predicted molar refractivity (Wildman–Crippen MR) is 49.7 cm³/mol. The van der Waals surface area contributed by atoms with Crippen LogP contribution in [0.25, 0.3) is 0 Å². The molecule has 1 aromatic rings. The van der Waals surface area contributed by atoms with Crippen molar-refractivity contribution in [1.29, 1.82) is 0 Å². The summed E-state index contributed by atoms with van der Waals surface area (Å²) in [6.45, 7) is 2.79. The number of hydrogen-bond acceptors (Lipinski definition) is 2. The summed E-state index contributed by atoms with van der Waals surface area (Å²) in [5.74, 6) is 0. The number of nitrogens with two attached hydrogens (primary N) is 1. The lowest BCUT2D eigenvalue weighted by atomic mass is 10.1. The minimum atomic E-state index is 0.604. The third-order valence-corrected chi connectivity index (χ3v) is 1.98. The predicted octanol–water partition coefficient (Wildman–Crippen LogP) is 1.22. The number of nitrogens with zero attached hydrogens (tertiary/aromatic N) is 2. The van der Waals surface area contributed by atoms with E-state index in [1.54, 1.807) is 0 Å². The Balaban J connectivity index is 2.68. The maximum Gasteiger partial charge on any atom is 0.0669 e. The van der Waals surface area contributed by atoms with E-state index in [2.05, 4.69) is 12.0 Å². The molecule has 0 saturated carbocycles. The number of rotatable bonds is 4. The topological polar surface area (TPSA) is 43.8 Å². The first-order chi connectivity index (χ1) is 5.77. The van der Waals surface area contributed by atoms with Crippen LogP contribution in [0.4, 0.5) is 0 Å². The zero-order valence-electron chi connectivity index (χ0n) is 7.88. The van der Waals surface area contributed by atoms with Crippen molar-refractivity contribution in [3.63, 3.8) is 0 Å². The molecule has 3 nitrogen and oxygen atoms in total. The molecule has 0 atom stereocenters. The van der Waals surface area contributed by atoms with Crippen LogP contribution in [0.1, 0.15) is 31.0 Å². The zero-order valence-corrected chi connectivity index (χ0v) is 7.88. The minimum absolute atomic E-state index is 0.604. The number of unbranched alkanes of at least 4 members (excludes halogenated alkanes) is 1. The summed E-state index contributed by atoms with van der Waals surface area (Å²) in [6, 6.07) is 0. The van der Waals surface area contributed by atoms with Crippen LogP contribution in [0.15, 0.2) is 6.20 Å². The molecule has 68 valence electrons. The molecule has 0 aliphatic carbocycles. The monoisotopic (exact) mass is 167 g/mol. The van der Waals surface area contributed by atoms with Crippen LogP contribution in [-0.4, -0.2) is 9.78 Å². The van der Waals surface area contributed by atoms with Crippen LogP contribution in [0, 0.1) is 0 Å². The van der Waals surface area contributed by atoms with E-state index in [1.165, 1.54) is 24.1 Å². The first kappa shape index (κ1) is 9.26. The van der Waals surface area contributed by atoms with Gasteiger partial charge in [0.2, 0.25) is 0 Å². The van der Waals surface area contributed by atoms with Gasteiger partial charge in [0.15, 0.2) is 0 Å². The van der Waals surface area contributed by atoms with Gasteiger partial charge in [0, 0.05) is 25.4 Å². The molecule has 12 heavy (non-hydrogen) atoms. The third kappa shape index (κ3) is 2.08. The molecule has 0 aliphatic rings. The highest BCUT2D eigenvalue weighted by Crippen LogP contribution is 2.08. The van der Waals surface area contributed by atoms with Crippen molar-refractivity contribution >= 4 is 0 Å². The lowest BCUT2D eigenvalue weighted by molar-refractivity contribution is 0.712. The fraction of sp³-hybridized carbons (Fsp3) is 0.667. The summed E-state index contributed by atoms with van der Waals surface area (Å²) in [4.78, 5) is 0. The van der Waals surface area contributed by atoms with Crippen molar-refractivity contribution in [2.75, 3.05) is 0 Å². The Bertz CT molecular complexity index is 240. The van der Waals surface area contributed by atoms with Gasteiger partial charge in [-0.05, 0) is 12.8 Å². The summed E-state index contributed by atoms with van der Waals surface area (Å²) in [5, 5.41) is 4.36. The Morgan fingerprint density at radius 2 is 2.33 bits per heavy atom. The molecule has 1 aromatic heterocycles. The smallest absolute Gasteiger partial charge is 0.0669 e. The quantitative estimate of drug-likeness (QED) is 0.732. The Labute approximate surface area is 73.6 Å². The highest BCUT2D eigenvalue weighted by atomic mass is 15.2. The van der Waals surface area contributed by atoms with E-state index < -0.39 is 0 Å². The van der Waals surface area contributed by atoms with Gasteiger partial charge in [0.25, 0.3) is 0 Å². The molecule has 1 rings (SSSR count). The second kappa shape index (κ2) is 4.26. The highest BCUT2D eigenvalue weighted by Gasteiger charge is 2.04. The Morgan fingerprint density at radius 3 is 2.92 bits per heavy atom. The average molecular weight is 167 g/mol. The Kier molecular flexibility index (Phi) is 3.29. The number of hydrogen-bond donors (Lipinski definition) is 1. The van der Waals surface area contributed by atoms with E-state index in [9.17, 15) is 0 Å². The van der Waals surface area contributed by atoms with E-state index in [4.69, 9.17) is 5.73 Å². The Morgan fingerprint density at radius 1 is 1.58 bits per heavy atom. The molecule has 0 aromatic carbocycles. The summed E-state index contributed by atoms with van der Waals surface area (Å²) in [5.41, 5.74) is 7.94. The second-order valence-electron chi connectivity index (χ2n) is 3.08. The van der Waals surface area contributed by atoms with E-state index in [-0.39, 0.29) is 0 Å². The fourth-order valence-corrected chi connectivity index (χ4v) is 1.31. The lowest BCUT2D eigenvalue weighted by Gasteiger charge is -1.96. The first-order valence-corrected chi connectivity index (χ1v) is 4.49. The average Bonchev–Trinajstić information content (AvgIpc) is 2.42. The Hall–Kier alpha value is -0.830. The van der Waals surface area contributed by atoms with Gasteiger partial charge in [0.05, 0.1) is 5.69 Å². The van der Waals surface area contributed by atoms with Crippen LogP contribution in [-0.2, 0) is 20.0 Å². The van der Waals surface area contributed by atoms with Crippen molar-refractivity contribution in [3.05, 3.63) is 17.5 Å². The summed E-state index contributed by atoms with van der Waals surface area (Å²) >= 11 is 0. The van der Waals surface area contributed by atoms with Crippen LogP contribution >= 0.6 is 0 Å². The van der Waals surface area contributed by atoms with E-state index in [0.29, 0.717) is 6.54 Å². The molecule has 0 saturated heterocycles. The molecule has 2 N–H and O–H groups in total. The minimum Gasteiger partial charge on any atom is -0.326 e. The van der Waals surface area contributed by atoms with Crippen LogP contribution in [0.2, 0.25) is 0 Å². The molecule has 0 spiro atoms. The molecule has 0 unspecified atom stereocenters. The molecule has 1 heterocycles.